The fourth-order valence-corrected chi connectivity index (χ4v) is 2.22. The number of amides is 1. The van der Waals surface area contributed by atoms with Gasteiger partial charge in [-0.05, 0) is 17.5 Å². The van der Waals surface area contributed by atoms with Gasteiger partial charge in [0, 0.05) is 6.42 Å². The molecule has 0 aliphatic carbocycles. The van der Waals surface area contributed by atoms with Gasteiger partial charge >= 0.3 is 0 Å². The molecule has 2 rings (SSSR count). The van der Waals surface area contributed by atoms with Crippen LogP contribution in [0, 0.1) is 5.92 Å². The lowest BCUT2D eigenvalue weighted by molar-refractivity contribution is -0.127. The zero-order valence-electron chi connectivity index (χ0n) is 11.5. The predicted molar refractivity (Wildman–Crippen MR) is 74.7 cm³/mol. The van der Waals surface area contributed by atoms with E-state index < -0.39 is 12.1 Å². The molecule has 4 N–H and O–H groups in total. The molecular formula is C14H19N3O3. The van der Waals surface area contributed by atoms with Gasteiger partial charge < -0.3 is 21.0 Å². The van der Waals surface area contributed by atoms with Crippen molar-refractivity contribution in [3.05, 3.63) is 29.8 Å². The molecule has 1 aliphatic rings. The number of oxime groups is 1. The molecule has 0 saturated heterocycles. The third-order valence-electron chi connectivity index (χ3n) is 3.34. The highest BCUT2D eigenvalue weighted by atomic mass is 16.5. The van der Waals surface area contributed by atoms with E-state index in [0.717, 1.165) is 11.3 Å². The van der Waals surface area contributed by atoms with Gasteiger partial charge in [-0.15, -0.1) is 0 Å². The summed E-state index contributed by atoms with van der Waals surface area (Å²) in [7, 11) is 0. The summed E-state index contributed by atoms with van der Waals surface area (Å²) in [5.41, 5.74) is 6.61. The molecular weight excluding hydrogens is 258 g/mol. The van der Waals surface area contributed by atoms with Crippen LogP contribution in [0.1, 0.15) is 19.4 Å². The van der Waals surface area contributed by atoms with Gasteiger partial charge in [-0.25, -0.2) is 0 Å². The molecule has 1 heterocycles. The summed E-state index contributed by atoms with van der Waals surface area (Å²) >= 11 is 0. The molecule has 1 aromatic carbocycles. The molecule has 2 atom stereocenters. The van der Waals surface area contributed by atoms with Gasteiger partial charge in [-0.3, -0.25) is 4.79 Å². The molecule has 1 aliphatic heterocycles. The highest BCUT2D eigenvalue weighted by Gasteiger charge is 2.31. The Hall–Kier alpha value is -2.24. The van der Waals surface area contributed by atoms with Crippen LogP contribution in [-0.2, 0) is 11.2 Å². The van der Waals surface area contributed by atoms with Crippen LogP contribution >= 0.6 is 0 Å². The maximum Gasteiger partial charge on any atom is 0.262 e. The van der Waals surface area contributed by atoms with Crippen molar-refractivity contribution < 1.29 is 14.7 Å². The van der Waals surface area contributed by atoms with Gasteiger partial charge in [0.1, 0.15) is 5.75 Å². The number of nitrogens with zero attached hydrogens (tertiary/aromatic N) is 1. The summed E-state index contributed by atoms with van der Waals surface area (Å²) in [5.74, 6) is 0.478. The first-order chi connectivity index (χ1) is 9.52. The van der Waals surface area contributed by atoms with Gasteiger partial charge in [0.15, 0.2) is 11.9 Å². The zero-order valence-corrected chi connectivity index (χ0v) is 11.5. The lowest BCUT2D eigenvalue weighted by Crippen LogP contribution is -2.51. The first kappa shape index (κ1) is 14.2. The van der Waals surface area contributed by atoms with Crippen LogP contribution in [0.3, 0.4) is 0 Å². The Bertz CT molecular complexity index is 503. The number of rotatable bonds is 4. The van der Waals surface area contributed by atoms with E-state index in [-0.39, 0.29) is 17.7 Å². The van der Waals surface area contributed by atoms with Crippen molar-refractivity contribution in [3.63, 3.8) is 0 Å². The number of para-hydroxylation sites is 1. The van der Waals surface area contributed by atoms with E-state index in [1.54, 1.807) is 0 Å². The van der Waals surface area contributed by atoms with Crippen LogP contribution < -0.4 is 15.8 Å². The van der Waals surface area contributed by atoms with Crippen molar-refractivity contribution in [2.24, 2.45) is 16.8 Å². The van der Waals surface area contributed by atoms with Crippen molar-refractivity contribution in [3.8, 4) is 5.75 Å². The minimum Gasteiger partial charge on any atom is -0.480 e. The van der Waals surface area contributed by atoms with Gasteiger partial charge in [-0.2, -0.15) is 0 Å². The molecule has 2 unspecified atom stereocenters. The summed E-state index contributed by atoms with van der Waals surface area (Å²) in [4.78, 5) is 12.2. The molecule has 0 saturated carbocycles. The van der Waals surface area contributed by atoms with E-state index in [1.165, 1.54) is 0 Å². The number of nitrogens with two attached hydrogens (primary N) is 1. The predicted octanol–water partition coefficient (Wildman–Crippen LogP) is 0.877. The summed E-state index contributed by atoms with van der Waals surface area (Å²) in [6, 6.07) is 7.04. The number of amidine groups is 1. The SMILES string of the molecule is CC(C)C(NC(=O)C1Cc2ccccc2O1)C(N)=NO. The van der Waals surface area contributed by atoms with Crippen molar-refractivity contribution in [1.29, 1.82) is 0 Å². The van der Waals surface area contributed by atoms with Crippen molar-refractivity contribution >= 4 is 11.7 Å². The van der Waals surface area contributed by atoms with E-state index in [9.17, 15) is 4.79 Å². The molecule has 0 spiro atoms. The van der Waals surface area contributed by atoms with Crippen LogP contribution in [0.25, 0.3) is 0 Å². The molecule has 1 aromatic rings. The monoisotopic (exact) mass is 277 g/mol. The topological polar surface area (TPSA) is 96.9 Å². The second kappa shape index (κ2) is 5.81. The number of fused-ring (bicyclic) bond motifs is 1. The Morgan fingerprint density at radius 1 is 1.50 bits per heavy atom. The third kappa shape index (κ3) is 2.84. The van der Waals surface area contributed by atoms with Gasteiger partial charge in [0.05, 0.1) is 6.04 Å². The fraction of sp³-hybridized carbons (Fsp3) is 0.429. The van der Waals surface area contributed by atoms with Gasteiger partial charge in [0.2, 0.25) is 0 Å². The number of ether oxygens (including phenoxy) is 1. The highest BCUT2D eigenvalue weighted by Crippen LogP contribution is 2.28. The summed E-state index contributed by atoms with van der Waals surface area (Å²) in [5, 5.41) is 14.5. The fourth-order valence-electron chi connectivity index (χ4n) is 2.22. The summed E-state index contributed by atoms with van der Waals surface area (Å²) < 4.78 is 5.61. The minimum atomic E-state index is -0.569. The zero-order chi connectivity index (χ0) is 14.7. The molecule has 0 bridgehead atoms. The largest absolute Gasteiger partial charge is 0.480 e. The minimum absolute atomic E-state index is 0.0103. The Labute approximate surface area is 117 Å². The Balaban J connectivity index is 2.03. The second-order valence-electron chi connectivity index (χ2n) is 5.17. The highest BCUT2D eigenvalue weighted by molar-refractivity contribution is 5.92. The first-order valence-electron chi connectivity index (χ1n) is 6.55. The first-order valence-corrected chi connectivity index (χ1v) is 6.55. The molecule has 108 valence electrons. The van der Waals surface area contributed by atoms with Gasteiger partial charge in [0.25, 0.3) is 5.91 Å². The van der Waals surface area contributed by atoms with Crippen molar-refractivity contribution in [2.45, 2.75) is 32.4 Å². The smallest absolute Gasteiger partial charge is 0.262 e. The lowest BCUT2D eigenvalue weighted by atomic mass is 10.0. The molecule has 20 heavy (non-hydrogen) atoms. The van der Waals surface area contributed by atoms with Crippen LogP contribution in [0.15, 0.2) is 29.4 Å². The maximum atomic E-state index is 12.2. The van der Waals surface area contributed by atoms with Gasteiger partial charge in [-0.1, -0.05) is 37.2 Å². The average Bonchev–Trinajstić information content (AvgIpc) is 2.87. The van der Waals surface area contributed by atoms with Crippen LogP contribution in [-0.4, -0.2) is 29.1 Å². The third-order valence-corrected chi connectivity index (χ3v) is 3.34. The number of nitrogens with one attached hydrogen (secondary N) is 1. The van der Waals surface area contributed by atoms with Crippen molar-refractivity contribution in [2.75, 3.05) is 0 Å². The Morgan fingerprint density at radius 3 is 2.80 bits per heavy atom. The van der Waals surface area contributed by atoms with Crippen LogP contribution in [0.4, 0.5) is 0 Å². The Morgan fingerprint density at radius 2 is 2.20 bits per heavy atom. The van der Waals surface area contributed by atoms with E-state index in [4.69, 9.17) is 15.7 Å². The molecule has 0 aromatic heterocycles. The standard InChI is InChI=1S/C14H19N3O3/c1-8(2)12(13(15)17-19)16-14(18)11-7-9-5-3-4-6-10(9)20-11/h3-6,8,11-12,19H,7H2,1-2H3,(H2,15,17)(H,16,18). The normalized spacial score (nSPS) is 19.4. The summed E-state index contributed by atoms with van der Waals surface area (Å²) in [6.45, 7) is 3.76. The molecule has 0 fully saturated rings. The quantitative estimate of drug-likeness (QED) is 0.329. The number of carbonyl (C=O) groups is 1. The lowest BCUT2D eigenvalue weighted by Gasteiger charge is -2.22. The van der Waals surface area contributed by atoms with Crippen LogP contribution in [0.5, 0.6) is 5.75 Å². The Kier molecular flexibility index (Phi) is 4.12. The van der Waals surface area contributed by atoms with E-state index in [2.05, 4.69) is 10.5 Å². The number of hydrogen-bond donors (Lipinski definition) is 3. The number of hydrogen-bond acceptors (Lipinski definition) is 4. The maximum absolute atomic E-state index is 12.2. The van der Waals surface area contributed by atoms with Crippen molar-refractivity contribution in [1.82, 2.24) is 5.32 Å². The number of benzene rings is 1. The number of carbonyl (C=O) groups excluding carboxylic acids is 1. The van der Waals surface area contributed by atoms with E-state index >= 15 is 0 Å². The van der Waals surface area contributed by atoms with E-state index in [0.29, 0.717) is 6.42 Å². The van der Waals surface area contributed by atoms with E-state index in [1.807, 2.05) is 38.1 Å². The molecule has 6 nitrogen and oxygen atoms in total. The molecule has 6 heteroatoms. The molecule has 1 amide bonds. The molecule has 0 radical (unpaired) electrons. The second-order valence-corrected chi connectivity index (χ2v) is 5.17. The average molecular weight is 277 g/mol. The van der Waals surface area contributed by atoms with Crippen LogP contribution in [0.2, 0.25) is 0 Å². The summed E-state index contributed by atoms with van der Waals surface area (Å²) in [6.07, 6.45) is -0.0386.